The Hall–Kier alpha value is -2.03. The van der Waals surface area contributed by atoms with E-state index in [0.717, 1.165) is 35.8 Å². The smallest absolute Gasteiger partial charge is 0.124 e. The fourth-order valence-corrected chi connectivity index (χ4v) is 2.89. The quantitative estimate of drug-likeness (QED) is 0.568. The molecule has 0 amide bonds. The SMILES string of the molecule is CCCNCc1c(OCc2ccc(Cl)cc2)ccc2ccccc12. The molecule has 0 aromatic heterocycles. The number of fused-ring (bicyclic) bond motifs is 1. The number of nitrogens with one attached hydrogen (secondary N) is 1. The van der Waals surface area contributed by atoms with Gasteiger partial charge in [0.05, 0.1) is 0 Å². The Morgan fingerprint density at radius 3 is 2.54 bits per heavy atom. The van der Waals surface area contributed by atoms with Gasteiger partial charge in [0.25, 0.3) is 0 Å². The van der Waals surface area contributed by atoms with Crippen molar-refractivity contribution in [3.63, 3.8) is 0 Å². The minimum atomic E-state index is 0.538. The zero-order valence-corrected chi connectivity index (χ0v) is 14.6. The largest absolute Gasteiger partial charge is 0.489 e. The van der Waals surface area contributed by atoms with Crippen molar-refractivity contribution in [2.45, 2.75) is 26.5 Å². The van der Waals surface area contributed by atoms with Gasteiger partial charge in [-0.1, -0.05) is 61.0 Å². The summed E-state index contributed by atoms with van der Waals surface area (Å²) in [5, 5.41) is 6.72. The van der Waals surface area contributed by atoms with Crippen molar-refractivity contribution < 1.29 is 4.74 Å². The summed E-state index contributed by atoms with van der Waals surface area (Å²) >= 11 is 5.94. The van der Waals surface area contributed by atoms with Gasteiger partial charge in [0.15, 0.2) is 0 Å². The number of benzene rings is 3. The van der Waals surface area contributed by atoms with Gasteiger partial charge in [-0.2, -0.15) is 0 Å². The molecule has 3 rings (SSSR count). The Morgan fingerprint density at radius 2 is 1.75 bits per heavy atom. The highest BCUT2D eigenvalue weighted by Gasteiger charge is 2.09. The lowest BCUT2D eigenvalue weighted by atomic mass is 10.0. The standard InChI is InChI=1S/C21H22ClNO/c1-2-13-23-14-20-19-6-4-3-5-17(19)9-12-21(20)24-15-16-7-10-18(22)11-8-16/h3-12,23H,2,13-15H2,1H3. The summed E-state index contributed by atoms with van der Waals surface area (Å²) < 4.78 is 6.12. The van der Waals surface area contributed by atoms with Gasteiger partial charge in [0.2, 0.25) is 0 Å². The third-order valence-corrected chi connectivity index (χ3v) is 4.29. The van der Waals surface area contributed by atoms with E-state index < -0.39 is 0 Å². The monoisotopic (exact) mass is 339 g/mol. The second-order valence-electron chi connectivity index (χ2n) is 5.86. The highest BCUT2D eigenvalue weighted by atomic mass is 35.5. The minimum Gasteiger partial charge on any atom is -0.489 e. The first kappa shape index (κ1) is 16.8. The van der Waals surface area contributed by atoms with Crippen LogP contribution in [-0.4, -0.2) is 6.54 Å². The van der Waals surface area contributed by atoms with Crippen LogP contribution in [0.15, 0.2) is 60.7 Å². The molecule has 3 heteroatoms. The van der Waals surface area contributed by atoms with Gasteiger partial charge in [0.1, 0.15) is 12.4 Å². The van der Waals surface area contributed by atoms with Crippen LogP contribution in [-0.2, 0) is 13.2 Å². The van der Waals surface area contributed by atoms with Gasteiger partial charge in [-0.25, -0.2) is 0 Å². The van der Waals surface area contributed by atoms with E-state index in [2.05, 4.69) is 48.6 Å². The normalized spacial score (nSPS) is 10.9. The van der Waals surface area contributed by atoms with Crippen molar-refractivity contribution in [2.24, 2.45) is 0 Å². The molecular formula is C21H22ClNO. The van der Waals surface area contributed by atoms with E-state index in [1.165, 1.54) is 16.3 Å². The van der Waals surface area contributed by atoms with Crippen molar-refractivity contribution in [3.05, 3.63) is 76.8 Å². The Kier molecular flexibility index (Phi) is 5.73. The molecule has 0 saturated heterocycles. The van der Waals surface area contributed by atoms with Crippen LogP contribution in [0, 0.1) is 0 Å². The fourth-order valence-electron chi connectivity index (χ4n) is 2.77. The fraction of sp³-hybridized carbons (Fsp3) is 0.238. The van der Waals surface area contributed by atoms with Crippen LogP contribution in [0.5, 0.6) is 5.75 Å². The van der Waals surface area contributed by atoms with Gasteiger partial charge >= 0.3 is 0 Å². The number of ether oxygens (including phenoxy) is 1. The van der Waals surface area contributed by atoms with E-state index in [0.29, 0.717) is 6.61 Å². The maximum atomic E-state index is 6.12. The van der Waals surface area contributed by atoms with Crippen molar-refractivity contribution in [3.8, 4) is 5.75 Å². The highest BCUT2D eigenvalue weighted by Crippen LogP contribution is 2.29. The third-order valence-electron chi connectivity index (χ3n) is 4.03. The van der Waals surface area contributed by atoms with E-state index in [4.69, 9.17) is 16.3 Å². The van der Waals surface area contributed by atoms with E-state index in [1.54, 1.807) is 0 Å². The number of hydrogen-bond acceptors (Lipinski definition) is 2. The molecule has 0 atom stereocenters. The topological polar surface area (TPSA) is 21.3 Å². The van der Waals surface area contributed by atoms with Gasteiger partial charge in [0, 0.05) is 17.1 Å². The average molecular weight is 340 g/mol. The first-order valence-electron chi connectivity index (χ1n) is 8.36. The number of halogens is 1. The van der Waals surface area contributed by atoms with E-state index >= 15 is 0 Å². The summed E-state index contributed by atoms with van der Waals surface area (Å²) in [6.45, 7) is 4.52. The first-order valence-corrected chi connectivity index (χ1v) is 8.74. The zero-order chi connectivity index (χ0) is 16.8. The number of rotatable bonds is 7. The summed E-state index contributed by atoms with van der Waals surface area (Å²) in [5.74, 6) is 0.937. The van der Waals surface area contributed by atoms with Crippen LogP contribution in [0.2, 0.25) is 5.02 Å². The van der Waals surface area contributed by atoms with Gasteiger partial charge < -0.3 is 10.1 Å². The predicted molar refractivity (Wildman–Crippen MR) is 102 cm³/mol. The molecule has 3 aromatic rings. The summed E-state index contributed by atoms with van der Waals surface area (Å²) in [6, 6.07) is 20.4. The molecule has 0 heterocycles. The molecule has 0 radical (unpaired) electrons. The Balaban J connectivity index is 1.85. The summed E-state index contributed by atoms with van der Waals surface area (Å²) in [7, 11) is 0. The lowest BCUT2D eigenvalue weighted by Gasteiger charge is -2.15. The molecule has 2 nitrogen and oxygen atoms in total. The van der Waals surface area contributed by atoms with Crippen molar-refractivity contribution in [1.29, 1.82) is 0 Å². The van der Waals surface area contributed by atoms with Gasteiger partial charge in [-0.3, -0.25) is 0 Å². The summed E-state index contributed by atoms with van der Waals surface area (Å²) in [6.07, 6.45) is 1.12. The molecule has 0 aliphatic carbocycles. The van der Waals surface area contributed by atoms with Crippen LogP contribution in [0.3, 0.4) is 0 Å². The van der Waals surface area contributed by atoms with E-state index in [9.17, 15) is 0 Å². The lowest BCUT2D eigenvalue weighted by molar-refractivity contribution is 0.303. The molecule has 0 aliphatic heterocycles. The second-order valence-corrected chi connectivity index (χ2v) is 6.29. The van der Waals surface area contributed by atoms with Crippen molar-refractivity contribution in [1.82, 2.24) is 5.32 Å². The molecule has 0 bridgehead atoms. The molecule has 124 valence electrons. The van der Waals surface area contributed by atoms with E-state index in [1.807, 2.05) is 24.3 Å². The molecule has 24 heavy (non-hydrogen) atoms. The lowest BCUT2D eigenvalue weighted by Crippen LogP contribution is -2.15. The van der Waals surface area contributed by atoms with Crippen LogP contribution in [0.4, 0.5) is 0 Å². The minimum absolute atomic E-state index is 0.538. The average Bonchev–Trinajstić information content (AvgIpc) is 2.62. The molecule has 0 spiro atoms. The van der Waals surface area contributed by atoms with Gasteiger partial charge in [-0.05, 0) is 47.5 Å². The molecule has 3 aromatic carbocycles. The first-order chi connectivity index (χ1) is 11.8. The Bertz CT molecular complexity index is 799. The maximum Gasteiger partial charge on any atom is 0.124 e. The highest BCUT2D eigenvalue weighted by molar-refractivity contribution is 6.30. The Morgan fingerprint density at radius 1 is 0.958 bits per heavy atom. The molecule has 0 saturated carbocycles. The second kappa shape index (κ2) is 8.18. The van der Waals surface area contributed by atoms with Crippen LogP contribution < -0.4 is 10.1 Å². The van der Waals surface area contributed by atoms with E-state index in [-0.39, 0.29) is 0 Å². The molecular weight excluding hydrogens is 318 g/mol. The summed E-state index contributed by atoms with van der Waals surface area (Å²) in [5.41, 5.74) is 2.33. The molecule has 0 unspecified atom stereocenters. The van der Waals surface area contributed by atoms with Crippen LogP contribution in [0.25, 0.3) is 10.8 Å². The van der Waals surface area contributed by atoms with Gasteiger partial charge in [-0.15, -0.1) is 0 Å². The number of hydrogen-bond donors (Lipinski definition) is 1. The maximum absolute atomic E-state index is 6.12. The Labute approximate surface area is 148 Å². The van der Waals surface area contributed by atoms with Crippen molar-refractivity contribution in [2.75, 3.05) is 6.54 Å². The summed E-state index contributed by atoms with van der Waals surface area (Å²) in [4.78, 5) is 0. The molecule has 0 fully saturated rings. The molecule has 1 N–H and O–H groups in total. The third kappa shape index (κ3) is 4.08. The predicted octanol–water partition coefficient (Wildman–Crippen LogP) is 5.57. The van der Waals surface area contributed by atoms with Crippen molar-refractivity contribution >= 4 is 22.4 Å². The van der Waals surface area contributed by atoms with Crippen LogP contribution in [0.1, 0.15) is 24.5 Å². The molecule has 0 aliphatic rings. The zero-order valence-electron chi connectivity index (χ0n) is 13.9. The van der Waals surface area contributed by atoms with Crippen LogP contribution >= 0.6 is 11.6 Å².